The summed E-state index contributed by atoms with van der Waals surface area (Å²) in [7, 11) is 4.21. The largest absolute Gasteiger partial charge is 0.313 e. The molecule has 21 heavy (non-hydrogen) atoms. The molecule has 0 aromatic heterocycles. The van der Waals surface area contributed by atoms with Gasteiger partial charge in [-0.2, -0.15) is 11.8 Å². The van der Waals surface area contributed by atoms with E-state index in [9.17, 15) is 0 Å². The molecule has 0 saturated carbocycles. The third kappa shape index (κ3) is 6.49. The highest BCUT2D eigenvalue weighted by Gasteiger charge is 2.15. The highest BCUT2D eigenvalue weighted by atomic mass is 79.9. The molecule has 0 aliphatic heterocycles. The summed E-state index contributed by atoms with van der Waals surface area (Å²) in [5.41, 5.74) is 1.17. The van der Waals surface area contributed by atoms with E-state index in [0.29, 0.717) is 12.1 Å². The van der Waals surface area contributed by atoms with Crippen molar-refractivity contribution in [3.05, 3.63) is 33.3 Å². The van der Waals surface area contributed by atoms with Gasteiger partial charge in [-0.25, -0.2) is 0 Å². The summed E-state index contributed by atoms with van der Waals surface area (Å²) in [5.74, 6) is 1.22. The van der Waals surface area contributed by atoms with Gasteiger partial charge in [-0.05, 0) is 70.1 Å². The van der Waals surface area contributed by atoms with Crippen LogP contribution in [-0.2, 0) is 0 Å². The van der Waals surface area contributed by atoms with Gasteiger partial charge in [0.05, 0.1) is 0 Å². The number of nitrogens with zero attached hydrogens (tertiary/aromatic N) is 1. The monoisotopic (exact) mass is 392 g/mol. The maximum atomic E-state index is 6.36. The van der Waals surface area contributed by atoms with E-state index in [4.69, 9.17) is 11.6 Å². The molecule has 5 heteroatoms. The molecule has 0 radical (unpaired) electrons. The fourth-order valence-corrected chi connectivity index (χ4v) is 3.68. The van der Waals surface area contributed by atoms with Gasteiger partial charge >= 0.3 is 0 Å². The highest BCUT2D eigenvalue weighted by molar-refractivity contribution is 9.10. The van der Waals surface area contributed by atoms with Crippen LogP contribution in [0.25, 0.3) is 0 Å². The Bertz CT molecular complexity index is 431. The van der Waals surface area contributed by atoms with E-state index in [1.807, 2.05) is 24.9 Å². The van der Waals surface area contributed by atoms with Gasteiger partial charge in [0.15, 0.2) is 0 Å². The van der Waals surface area contributed by atoms with Crippen LogP contribution in [0.4, 0.5) is 0 Å². The molecule has 1 N–H and O–H groups in total. The summed E-state index contributed by atoms with van der Waals surface area (Å²) >= 11 is 11.7. The first-order valence-corrected chi connectivity index (χ1v) is 9.87. The average molecular weight is 394 g/mol. The van der Waals surface area contributed by atoms with Crippen LogP contribution in [0, 0.1) is 0 Å². The lowest BCUT2D eigenvalue weighted by Crippen LogP contribution is -2.32. The van der Waals surface area contributed by atoms with Crippen LogP contribution >= 0.6 is 39.3 Å². The van der Waals surface area contributed by atoms with Gasteiger partial charge in [0.2, 0.25) is 0 Å². The number of nitrogens with one attached hydrogen (secondary N) is 1. The Morgan fingerprint density at radius 3 is 2.67 bits per heavy atom. The van der Waals surface area contributed by atoms with Crippen LogP contribution < -0.4 is 5.32 Å². The van der Waals surface area contributed by atoms with Crippen molar-refractivity contribution in [3.63, 3.8) is 0 Å². The molecular formula is C16H26BrClN2S. The van der Waals surface area contributed by atoms with Gasteiger partial charge in [-0.3, -0.25) is 0 Å². The van der Waals surface area contributed by atoms with Crippen LogP contribution in [0.1, 0.15) is 31.4 Å². The Labute approximate surface area is 147 Å². The van der Waals surface area contributed by atoms with Crippen molar-refractivity contribution in [2.45, 2.75) is 31.8 Å². The molecule has 0 amide bonds. The minimum Gasteiger partial charge on any atom is -0.313 e. The Hall–Kier alpha value is 0.260. The molecule has 2 nitrogen and oxygen atoms in total. The van der Waals surface area contributed by atoms with Crippen molar-refractivity contribution in [1.82, 2.24) is 10.2 Å². The van der Waals surface area contributed by atoms with Crippen molar-refractivity contribution in [1.29, 1.82) is 0 Å². The maximum absolute atomic E-state index is 6.36. The smallest absolute Gasteiger partial charge is 0.0465 e. The van der Waals surface area contributed by atoms with Gasteiger partial charge < -0.3 is 10.2 Å². The van der Waals surface area contributed by atoms with E-state index in [1.165, 1.54) is 17.7 Å². The molecular weight excluding hydrogens is 368 g/mol. The van der Waals surface area contributed by atoms with Crippen molar-refractivity contribution >= 4 is 39.3 Å². The van der Waals surface area contributed by atoms with E-state index < -0.39 is 0 Å². The topological polar surface area (TPSA) is 15.3 Å². The van der Waals surface area contributed by atoms with Gasteiger partial charge in [0.1, 0.15) is 0 Å². The normalized spacial score (nSPS) is 14.4. The zero-order valence-electron chi connectivity index (χ0n) is 13.3. The zero-order valence-corrected chi connectivity index (χ0v) is 16.5. The lowest BCUT2D eigenvalue weighted by atomic mass is 10.0. The van der Waals surface area contributed by atoms with Crippen LogP contribution in [0.15, 0.2) is 22.7 Å². The molecule has 0 heterocycles. The molecule has 0 aliphatic rings. The van der Waals surface area contributed by atoms with Crippen LogP contribution in [0.2, 0.25) is 5.02 Å². The molecule has 2 unspecified atom stereocenters. The molecule has 0 bridgehead atoms. The summed E-state index contributed by atoms with van der Waals surface area (Å²) in [6.45, 7) is 3.37. The zero-order chi connectivity index (χ0) is 15.8. The Morgan fingerprint density at radius 1 is 1.38 bits per heavy atom. The minimum atomic E-state index is 0.292. The molecule has 1 aromatic rings. The molecule has 1 aromatic carbocycles. The molecule has 0 aliphatic carbocycles. The number of rotatable bonds is 9. The van der Waals surface area contributed by atoms with Gasteiger partial charge in [0, 0.05) is 21.6 Å². The lowest BCUT2D eigenvalue weighted by Gasteiger charge is -2.27. The maximum Gasteiger partial charge on any atom is 0.0465 e. The van der Waals surface area contributed by atoms with E-state index in [-0.39, 0.29) is 0 Å². The fourth-order valence-electron chi connectivity index (χ4n) is 2.30. The molecule has 2 atom stereocenters. The van der Waals surface area contributed by atoms with Crippen LogP contribution in [0.5, 0.6) is 0 Å². The molecule has 120 valence electrons. The van der Waals surface area contributed by atoms with Gasteiger partial charge in [0.25, 0.3) is 0 Å². The van der Waals surface area contributed by atoms with Crippen molar-refractivity contribution in [2.75, 3.05) is 32.6 Å². The second-order valence-corrected chi connectivity index (χ2v) is 7.72. The SMILES string of the molecule is CNC(CCN(C)C(C)CCSC)c1ccc(Br)cc1Cl. The second-order valence-electron chi connectivity index (χ2n) is 5.41. The third-order valence-corrected chi connectivity index (χ3v) is 5.41. The third-order valence-electron chi connectivity index (χ3n) is 3.95. The average Bonchev–Trinajstić information content (AvgIpc) is 2.46. The second kappa shape index (κ2) is 10.1. The predicted molar refractivity (Wildman–Crippen MR) is 101 cm³/mol. The number of hydrogen-bond donors (Lipinski definition) is 1. The highest BCUT2D eigenvalue weighted by Crippen LogP contribution is 2.28. The summed E-state index contributed by atoms with van der Waals surface area (Å²) in [6, 6.07) is 7.03. The van der Waals surface area contributed by atoms with Gasteiger partial charge in [-0.15, -0.1) is 0 Å². The standard InChI is InChI=1S/C16H26BrClN2S/c1-12(8-10-21-4)20(3)9-7-16(19-2)14-6-5-13(17)11-15(14)18/h5-6,11-12,16,19H,7-10H2,1-4H3. The van der Waals surface area contributed by atoms with Crippen molar-refractivity contribution < 1.29 is 0 Å². The van der Waals surface area contributed by atoms with Crippen LogP contribution in [-0.4, -0.2) is 43.6 Å². The van der Waals surface area contributed by atoms with Crippen molar-refractivity contribution in [2.24, 2.45) is 0 Å². The Balaban J connectivity index is 2.58. The molecule has 0 saturated heterocycles. The van der Waals surface area contributed by atoms with Gasteiger partial charge in [-0.1, -0.05) is 33.6 Å². The summed E-state index contributed by atoms with van der Waals surface area (Å²) in [4.78, 5) is 2.44. The molecule has 0 fully saturated rings. The number of hydrogen-bond acceptors (Lipinski definition) is 3. The first kappa shape index (κ1) is 19.3. The first-order valence-electron chi connectivity index (χ1n) is 7.31. The Kier molecular flexibility index (Phi) is 9.30. The molecule has 1 rings (SSSR count). The summed E-state index contributed by atoms with van der Waals surface area (Å²) < 4.78 is 1.02. The lowest BCUT2D eigenvalue weighted by molar-refractivity contribution is 0.240. The number of thioether (sulfide) groups is 1. The number of benzene rings is 1. The first-order chi connectivity index (χ1) is 9.99. The summed E-state index contributed by atoms with van der Waals surface area (Å²) in [5, 5.41) is 4.21. The van der Waals surface area contributed by atoms with Crippen molar-refractivity contribution in [3.8, 4) is 0 Å². The minimum absolute atomic E-state index is 0.292. The fraction of sp³-hybridized carbons (Fsp3) is 0.625. The summed E-state index contributed by atoms with van der Waals surface area (Å²) in [6.07, 6.45) is 4.46. The quantitative estimate of drug-likeness (QED) is 0.647. The predicted octanol–water partition coefficient (Wildman–Crippen LogP) is 4.83. The molecule has 0 spiro atoms. The number of halogens is 2. The van der Waals surface area contributed by atoms with E-state index in [2.05, 4.69) is 58.5 Å². The van der Waals surface area contributed by atoms with E-state index >= 15 is 0 Å². The van der Waals surface area contributed by atoms with E-state index in [0.717, 1.165) is 22.5 Å². The van der Waals surface area contributed by atoms with E-state index in [1.54, 1.807) is 0 Å². The Morgan fingerprint density at radius 2 is 2.10 bits per heavy atom. The van der Waals surface area contributed by atoms with Crippen LogP contribution in [0.3, 0.4) is 0 Å².